The fourth-order valence-corrected chi connectivity index (χ4v) is 8.94. The number of benzene rings is 1. The molecule has 1 aromatic carbocycles. The molecule has 6 rings (SSSR count). The number of ketones is 1. The van der Waals surface area contributed by atoms with Crippen molar-refractivity contribution in [2.75, 3.05) is 20.1 Å². The van der Waals surface area contributed by atoms with Crippen molar-refractivity contribution in [2.24, 2.45) is 11.3 Å². The zero-order valence-electron chi connectivity index (χ0n) is 28.3. The summed E-state index contributed by atoms with van der Waals surface area (Å²) >= 11 is 0. The fraction of sp³-hybridized carbons (Fsp3) is 0.629. The van der Waals surface area contributed by atoms with Crippen molar-refractivity contribution in [1.82, 2.24) is 24.7 Å². The molecule has 5 amide bonds. The Kier molecular flexibility index (Phi) is 9.80. The average molecular weight is 698 g/mol. The topological polar surface area (TPSA) is 162 Å². The van der Waals surface area contributed by atoms with Crippen LogP contribution in [0.1, 0.15) is 81.4 Å². The first-order chi connectivity index (χ1) is 23.4. The average Bonchev–Trinajstić information content (AvgIpc) is 3.96. The summed E-state index contributed by atoms with van der Waals surface area (Å²) in [4.78, 5) is 72.8. The normalized spacial score (nSPS) is 29.3. The predicted molar refractivity (Wildman–Crippen MR) is 179 cm³/mol. The number of allylic oxidation sites excluding steroid dienone is 1. The Balaban J connectivity index is 1.24. The Bertz CT molecular complexity index is 1640. The van der Waals surface area contributed by atoms with Gasteiger partial charge in [-0.15, -0.1) is 6.58 Å². The van der Waals surface area contributed by atoms with E-state index >= 15 is 0 Å². The van der Waals surface area contributed by atoms with Crippen LogP contribution in [-0.2, 0) is 48.7 Å². The van der Waals surface area contributed by atoms with Crippen molar-refractivity contribution >= 4 is 39.7 Å². The van der Waals surface area contributed by atoms with Crippen molar-refractivity contribution in [3.05, 3.63) is 47.5 Å². The third-order valence-electron chi connectivity index (χ3n) is 10.9. The summed E-state index contributed by atoms with van der Waals surface area (Å²) in [5.74, 6) is -2.06. The van der Waals surface area contributed by atoms with Crippen LogP contribution in [0, 0.1) is 11.3 Å². The van der Waals surface area contributed by atoms with Crippen LogP contribution >= 0.6 is 0 Å². The maximum Gasteiger partial charge on any atom is 0.410 e. The molecule has 0 radical (unpaired) electrons. The number of carbonyl (C=O) groups is 5. The van der Waals surface area contributed by atoms with Crippen molar-refractivity contribution in [3.63, 3.8) is 0 Å². The van der Waals surface area contributed by atoms with Gasteiger partial charge in [0.1, 0.15) is 12.1 Å². The minimum atomic E-state index is -3.84. The van der Waals surface area contributed by atoms with Gasteiger partial charge in [0.25, 0.3) is 0 Å². The number of fused-ring (bicyclic) bond motifs is 3. The Morgan fingerprint density at radius 1 is 1.12 bits per heavy atom. The van der Waals surface area contributed by atoms with E-state index in [-0.39, 0.29) is 32.2 Å². The number of ether oxygens (including phenoxy) is 1. The molecule has 5 aliphatic rings. The van der Waals surface area contributed by atoms with E-state index in [1.54, 1.807) is 29.8 Å². The molecule has 2 N–H and O–H groups in total. The number of nitrogens with one attached hydrogen (secondary N) is 2. The van der Waals surface area contributed by atoms with Crippen LogP contribution in [0.2, 0.25) is 0 Å². The van der Waals surface area contributed by atoms with Gasteiger partial charge in [-0.05, 0) is 67.6 Å². The van der Waals surface area contributed by atoms with Gasteiger partial charge in [-0.25, -0.2) is 18.0 Å². The number of carbonyl (C=O) groups excluding carboxylic acids is 5. The molecule has 49 heavy (non-hydrogen) atoms. The molecule has 2 aliphatic carbocycles. The summed E-state index contributed by atoms with van der Waals surface area (Å²) in [5, 5.41) is 2.21. The Morgan fingerprint density at radius 2 is 1.88 bits per heavy atom. The highest BCUT2D eigenvalue weighted by molar-refractivity contribution is 7.90. The van der Waals surface area contributed by atoms with Crippen LogP contribution in [0.15, 0.2) is 30.9 Å². The molecule has 2 saturated carbocycles. The third kappa shape index (κ3) is 7.20. The summed E-state index contributed by atoms with van der Waals surface area (Å²) in [7, 11) is -2.16. The predicted octanol–water partition coefficient (Wildman–Crippen LogP) is 3.01. The number of Topliss-reactive ketones (excluding diaryl/α,β-unsaturated/α-hetero) is 1. The van der Waals surface area contributed by atoms with E-state index in [1.165, 1.54) is 10.5 Å². The number of rotatable bonds is 8. The van der Waals surface area contributed by atoms with Gasteiger partial charge in [-0.1, -0.05) is 37.6 Å². The van der Waals surface area contributed by atoms with Gasteiger partial charge in [-0.3, -0.25) is 24.0 Å². The molecule has 4 bridgehead atoms. The van der Waals surface area contributed by atoms with Crippen LogP contribution < -0.4 is 10.0 Å². The summed E-state index contributed by atoms with van der Waals surface area (Å²) in [6, 6.07) is 3.72. The highest BCUT2D eigenvalue weighted by Crippen LogP contribution is 2.57. The summed E-state index contributed by atoms with van der Waals surface area (Å²) in [5.41, 5.74) is 2.07. The lowest BCUT2D eigenvalue weighted by Crippen LogP contribution is -2.54. The van der Waals surface area contributed by atoms with Crippen LogP contribution in [0.5, 0.6) is 0 Å². The van der Waals surface area contributed by atoms with Gasteiger partial charge in [0.15, 0.2) is 5.78 Å². The second-order valence-electron chi connectivity index (χ2n) is 14.3. The molecule has 0 spiro atoms. The van der Waals surface area contributed by atoms with E-state index in [2.05, 4.69) is 22.7 Å². The smallest absolute Gasteiger partial charge is 0.410 e. The van der Waals surface area contributed by atoms with Gasteiger partial charge in [0.05, 0.1) is 23.3 Å². The molecule has 5 atom stereocenters. The fourth-order valence-electron chi connectivity index (χ4n) is 7.55. The first-order valence-corrected chi connectivity index (χ1v) is 19.0. The van der Waals surface area contributed by atoms with Gasteiger partial charge in [0.2, 0.25) is 21.8 Å². The van der Waals surface area contributed by atoms with Crippen molar-refractivity contribution < 1.29 is 37.1 Å². The molecule has 0 aromatic heterocycles. The van der Waals surface area contributed by atoms with E-state index in [0.29, 0.717) is 32.5 Å². The summed E-state index contributed by atoms with van der Waals surface area (Å²) in [6.07, 6.45) is 4.88. The molecule has 3 aliphatic heterocycles. The maximum atomic E-state index is 14.1. The molecule has 3 heterocycles. The summed E-state index contributed by atoms with van der Waals surface area (Å²) in [6.45, 7) is 6.81. The highest BCUT2D eigenvalue weighted by Gasteiger charge is 2.61. The van der Waals surface area contributed by atoms with Gasteiger partial charge >= 0.3 is 12.1 Å². The lowest BCUT2D eigenvalue weighted by molar-refractivity contribution is -0.140. The zero-order chi connectivity index (χ0) is 35.1. The van der Waals surface area contributed by atoms with Gasteiger partial charge in [-0.2, -0.15) is 0 Å². The van der Waals surface area contributed by atoms with Gasteiger partial charge in [0, 0.05) is 39.5 Å². The first-order valence-electron chi connectivity index (χ1n) is 17.5. The molecule has 1 aromatic rings. The van der Waals surface area contributed by atoms with Gasteiger partial charge < -0.3 is 19.9 Å². The quantitative estimate of drug-likeness (QED) is 0.392. The molecular formula is C35H47N5O8S. The minimum Gasteiger partial charge on any atom is -0.444 e. The number of aryl methyl sites for hydroxylation is 1. The molecular weight excluding hydrogens is 650 g/mol. The number of nitrogens with zero attached hydrogens (tertiary/aromatic N) is 3. The molecule has 14 heteroatoms. The summed E-state index contributed by atoms with van der Waals surface area (Å²) < 4.78 is 33.4. The van der Waals surface area contributed by atoms with Crippen LogP contribution in [0.4, 0.5) is 9.59 Å². The van der Waals surface area contributed by atoms with E-state index in [1.807, 2.05) is 12.1 Å². The van der Waals surface area contributed by atoms with Crippen molar-refractivity contribution in [1.29, 1.82) is 0 Å². The monoisotopic (exact) mass is 697 g/mol. The Morgan fingerprint density at radius 3 is 2.57 bits per heavy atom. The Hall–Kier alpha value is -3.94. The van der Waals surface area contributed by atoms with Crippen LogP contribution in [0.3, 0.4) is 0 Å². The number of urea groups is 1. The van der Waals surface area contributed by atoms with Crippen LogP contribution in [0.25, 0.3) is 0 Å². The highest BCUT2D eigenvalue weighted by atomic mass is 32.2. The number of amides is 5. The SMILES string of the molecule is C=C[C@@H]1C[C@]1(CC(=O)[C@@H]1C[C@@H]2CN1C(=O)[C@H](CC)NC(=O)N(C)CCCCCc1cccc3c1CN(C3)C(=O)O2)C(=O)NS(=O)(=O)C1CC1. The molecule has 266 valence electrons. The molecule has 0 unspecified atom stereocenters. The largest absolute Gasteiger partial charge is 0.444 e. The Labute approximate surface area is 287 Å². The van der Waals surface area contributed by atoms with Crippen molar-refractivity contribution in [3.8, 4) is 0 Å². The van der Waals surface area contributed by atoms with Crippen molar-refractivity contribution in [2.45, 2.75) is 108 Å². The van der Waals surface area contributed by atoms with E-state index < -0.39 is 74.5 Å². The lowest BCUT2D eigenvalue weighted by Gasteiger charge is -2.30. The third-order valence-corrected chi connectivity index (χ3v) is 12.7. The second kappa shape index (κ2) is 13.8. The number of sulfonamides is 1. The molecule has 1 saturated heterocycles. The van der Waals surface area contributed by atoms with E-state index in [4.69, 9.17) is 4.74 Å². The first kappa shape index (κ1) is 34.9. The minimum absolute atomic E-state index is 0.0173. The lowest BCUT2D eigenvalue weighted by atomic mass is 9.91. The number of hydrogen-bond acceptors (Lipinski definition) is 8. The molecule has 3 fully saturated rings. The standard InChI is InChI=1S/C35H47N5O8S/c1-4-24-17-35(24,32(43)37-49(46,47)26-13-14-26)18-30(41)29-16-25-20-40(29)31(42)28(5-2)36-33(44)38(3)15-8-6-7-10-22-11-9-12-23-19-39(21-27(22)23)34(45)48-25/h4,9,11-12,24-26,28-29H,1,5-8,10,13-21H2,2-3H3,(H,36,44)(H,37,43)/t24-,25-,28+,29+,35-/m1/s1. The zero-order valence-corrected chi connectivity index (χ0v) is 29.1. The van der Waals surface area contributed by atoms with E-state index in [0.717, 1.165) is 36.8 Å². The van der Waals surface area contributed by atoms with E-state index in [9.17, 15) is 32.4 Å². The molecule has 13 nitrogen and oxygen atoms in total. The second-order valence-corrected chi connectivity index (χ2v) is 16.3. The van der Waals surface area contributed by atoms with Crippen LogP contribution in [-0.4, -0.2) is 96.4 Å². The maximum absolute atomic E-state index is 14.1. The number of hydrogen-bond donors (Lipinski definition) is 2.